The number of hydrogen-bond acceptors (Lipinski definition) is 4. The van der Waals surface area contributed by atoms with Gasteiger partial charge in [0, 0.05) is 18.7 Å². The quantitative estimate of drug-likeness (QED) is 0.755. The van der Waals surface area contributed by atoms with E-state index in [-0.39, 0.29) is 5.97 Å². The number of methoxy groups -OCH3 is 1. The molecule has 0 bridgehead atoms. The second-order valence-electron chi connectivity index (χ2n) is 5.15. The number of rotatable bonds is 5. The lowest BCUT2D eigenvalue weighted by Crippen LogP contribution is -2.23. The highest BCUT2D eigenvalue weighted by Gasteiger charge is 2.15. The Morgan fingerprint density at radius 3 is 2.72 bits per heavy atom. The Bertz CT molecular complexity index is 396. The molecule has 18 heavy (non-hydrogen) atoms. The monoisotopic (exact) mass is 251 g/mol. The van der Waals surface area contributed by atoms with E-state index in [0.29, 0.717) is 12.3 Å². The molecule has 0 amide bonds. The van der Waals surface area contributed by atoms with Gasteiger partial charge in [-0.1, -0.05) is 0 Å². The minimum Gasteiger partial charge on any atom is -0.481 e. The van der Waals surface area contributed by atoms with Crippen molar-refractivity contribution in [3.63, 3.8) is 0 Å². The molecule has 0 aromatic carbocycles. The molecule has 100 valence electrons. The van der Waals surface area contributed by atoms with Crippen LogP contribution in [-0.2, 0) is 16.0 Å². The van der Waals surface area contributed by atoms with Crippen molar-refractivity contribution in [1.29, 1.82) is 0 Å². The van der Waals surface area contributed by atoms with Crippen LogP contribution < -0.4 is 4.74 Å². The fourth-order valence-corrected chi connectivity index (χ4v) is 1.55. The number of pyridine rings is 1. The Hall–Kier alpha value is -1.58. The van der Waals surface area contributed by atoms with E-state index in [9.17, 15) is 4.79 Å². The van der Waals surface area contributed by atoms with Gasteiger partial charge in [-0.2, -0.15) is 0 Å². The lowest BCUT2D eigenvalue weighted by Gasteiger charge is -2.19. The van der Waals surface area contributed by atoms with E-state index < -0.39 is 5.60 Å². The van der Waals surface area contributed by atoms with E-state index in [4.69, 9.17) is 9.47 Å². The topological polar surface area (TPSA) is 48.4 Å². The average Bonchev–Trinajstić information content (AvgIpc) is 2.27. The van der Waals surface area contributed by atoms with Crippen molar-refractivity contribution >= 4 is 5.97 Å². The van der Waals surface area contributed by atoms with Crippen LogP contribution in [0.2, 0.25) is 0 Å². The summed E-state index contributed by atoms with van der Waals surface area (Å²) in [4.78, 5) is 15.5. The molecule has 0 N–H and O–H groups in total. The standard InChI is InChI=1S/C14H21NO3/c1-14(2,3)18-13(16)7-5-6-11-8-9-15-12(10-11)17-4/h8-10H,5-7H2,1-4H3. The van der Waals surface area contributed by atoms with Gasteiger partial charge in [-0.05, 0) is 45.2 Å². The largest absolute Gasteiger partial charge is 0.481 e. The van der Waals surface area contributed by atoms with Gasteiger partial charge in [-0.3, -0.25) is 4.79 Å². The first-order chi connectivity index (χ1) is 8.40. The number of ether oxygens (including phenoxy) is 2. The van der Waals surface area contributed by atoms with Crippen LogP contribution in [0, 0.1) is 0 Å². The molecule has 0 aliphatic carbocycles. The third kappa shape index (κ3) is 5.66. The Balaban J connectivity index is 2.35. The highest BCUT2D eigenvalue weighted by Crippen LogP contribution is 2.13. The zero-order valence-corrected chi connectivity index (χ0v) is 11.5. The molecule has 0 aliphatic rings. The van der Waals surface area contributed by atoms with Gasteiger partial charge in [-0.15, -0.1) is 0 Å². The SMILES string of the molecule is COc1cc(CCCC(=O)OC(C)(C)C)ccn1. The van der Waals surface area contributed by atoms with Crippen LogP contribution in [-0.4, -0.2) is 23.7 Å². The van der Waals surface area contributed by atoms with Gasteiger partial charge in [0.05, 0.1) is 7.11 Å². The van der Waals surface area contributed by atoms with Crippen molar-refractivity contribution in [2.75, 3.05) is 7.11 Å². The van der Waals surface area contributed by atoms with E-state index in [0.717, 1.165) is 18.4 Å². The van der Waals surface area contributed by atoms with E-state index >= 15 is 0 Å². The Morgan fingerprint density at radius 2 is 2.11 bits per heavy atom. The van der Waals surface area contributed by atoms with Gasteiger partial charge >= 0.3 is 5.97 Å². The van der Waals surface area contributed by atoms with Crippen molar-refractivity contribution in [1.82, 2.24) is 4.98 Å². The van der Waals surface area contributed by atoms with Crippen LogP contribution >= 0.6 is 0 Å². The van der Waals surface area contributed by atoms with Crippen LogP contribution in [0.3, 0.4) is 0 Å². The molecular weight excluding hydrogens is 230 g/mol. The van der Waals surface area contributed by atoms with E-state index in [1.807, 2.05) is 32.9 Å². The first-order valence-corrected chi connectivity index (χ1v) is 6.11. The normalized spacial score (nSPS) is 11.1. The van der Waals surface area contributed by atoms with Crippen LogP contribution in [0.1, 0.15) is 39.2 Å². The maximum absolute atomic E-state index is 11.5. The van der Waals surface area contributed by atoms with Crippen molar-refractivity contribution in [3.8, 4) is 5.88 Å². The molecule has 0 spiro atoms. The van der Waals surface area contributed by atoms with Gasteiger partial charge in [0.25, 0.3) is 0 Å². The summed E-state index contributed by atoms with van der Waals surface area (Å²) >= 11 is 0. The number of nitrogens with zero attached hydrogens (tertiary/aromatic N) is 1. The van der Waals surface area contributed by atoms with Crippen molar-refractivity contribution < 1.29 is 14.3 Å². The maximum atomic E-state index is 11.5. The van der Waals surface area contributed by atoms with E-state index in [1.54, 1.807) is 13.3 Å². The molecule has 0 saturated heterocycles. The molecule has 4 heteroatoms. The first kappa shape index (κ1) is 14.5. The second kappa shape index (κ2) is 6.38. The number of aromatic nitrogens is 1. The predicted octanol–water partition coefficient (Wildman–Crippen LogP) is 2.75. The molecule has 0 saturated carbocycles. The van der Waals surface area contributed by atoms with Gasteiger partial charge in [-0.25, -0.2) is 4.98 Å². The summed E-state index contributed by atoms with van der Waals surface area (Å²) in [6, 6.07) is 3.81. The molecule has 0 fully saturated rings. The third-order valence-electron chi connectivity index (χ3n) is 2.27. The highest BCUT2D eigenvalue weighted by molar-refractivity contribution is 5.69. The lowest BCUT2D eigenvalue weighted by molar-refractivity contribution is -0.154. The summed E-state index contributed by atoms with van der Waals surface area (Å²) < 4.78 is 10.3. The molecule has 0 atom stereocenters. The minimum absolute atomic E-state index is 0.150. The third-order valence-corrected chi connectivity index (χ3v) is 2.27. The van der Waals surface area contributed by atoms with Crippen LogP contribution in [0.25, 0.3) is 0 Å². The zero-order chi connectivity index (χ0) is 13.6. The van der Waals surface area contributed by atoms with E-state index in [2.05, 4.69) is 4.98 Å². The molecular formula is C14H21NO3. The molecule has 1 heterocycles. The average molecular weight is 251 g/mol. The first-order valence-electron chi connectivity index (χ1n) is 6.11. The number of esters is 1. The van der Waals surface area contributed by atoms with Gasteiger partial charge in [0.2, 0.25) is 5.88 Å². The molecule has 0 aliphatic heterocycles. The number of aryl methyl sites for hydroxylation is 1. The van der Waals surface area contributed by atoms with Crippen LogP contribution in [0.4, 0.5) is 0 Å². The Morgan fingerprint density at radius 1 is 1.39 bits per heavy atom. The minimum atomic E-state index is -0.406. The fourth-order valence-electron chi connectivity index (χ4n) is 1.55. The predicted molar refractivity (Wildman–Crippen MR) is 69.6 cm³/mol. The van der Waals surface area contributed by atoms with E-state index in [1.165, 1.54) is 0 Å². The van der Waals surface area contributed by atoms with Crippen LogP contribution in [0.5, 0.6) is 5.88 Å². The number of carbonyl (C=O) groups excluding carboxylic acids is 1. The molecule has 1 aromatic rings. The number of carbonyl (C=O) groups is 1. The van der Waals surface area contributed by atoms with Crippen molar-refractivity contribution in [2.45, 2.75) is 45.6 Å². The Kier molecular flexibility index (Phi) is 5.13. The van der Waals surface area contributed by atoms with Crippen molar-refractivity contribution in [3.05, 3.63) is 23.9 Å². The maximum Gasteiger partial charge on any atom is 0.306 e. The number of hydrogen-bond donors (Lipinski definition) is 0. The second-order valence-corrected chi connectivity index (χ2v) is 5.15. The van der Waals surface area contributed by atoms with Gasteiger partial charge in [0.1, 0.15) is 5.60 Å². The smallest absolute Gasteiger partial charge is 0.306 e. The summed E-state index contributed by atoms with van der Waals surface area (Å²) in [5.74, 6) is 0.452. The van der Waals surface area contributed by atoms with Crippen molar-refractivity contribution in [2.24, 2.45) is 0 Å². The van der Waals surface area contributed by atoms with Gasteiger partial charge < -0.3 is 9.47 Å². The van der Waals surface area contributed by atoms with Gasteiger partial charge in [0.15, 0.2) is 0 Å². The summed E-state index contributed by atoms with van der Waals surface area (Å²) in [6.45, 7) is 5.62. The summed E-state index contributed by atoms with van der Waals surface area (Å²) in [7, 11) is 1.59. The molecule has 0 unspecified atom stereocenters. The Labute approximate surface area is 108 Å². The lowest BCUT2D eigenvalue weighted by atomic mass is 10.1. The molecule has 1 rings (SSSR count). The summed E-state index contributed by atoms with van der Waals surface area (Å²) in [5.41, 5.74) is 0.710. The summed E-state index contributed by atoms with van der Waals surface area (Å²) in [5, 5.41) is 0. The fraction of sp³-hybridized carbons (Fsp3) is 0.571. The molecule has 4 nitrogen and oxygen atoms in total. The highest BCUT2D eigenvalue weighted by atomic mass is 16.6. The molecule has 1 aromatic heterocycles. The molecule has 0 radical (unpaired) electrons. The summed E-state index contributed by atoms with van der Waals surface area (Å²) in [6.07, 6.45) is 3.73. The zero-order valence-electron chi connectivity index (χ0n) is 11.5. The van der Waals surface area contributed by atoms with Crippen LogP contribution in [0.15, 0.2) is 18.3 Å².